The van der Waals surface area contributed by atoms with E-state index < -0.39 is 10.1 Å². The molecule has 0 bridgehead atoms. The first-order valence-electron chi connectivity index (χ1n) is 6.04. The number of aliphatic hydroxyl groups excluding tert-OH is 1. The smallest absolute Gasteiger partial charge is 0.296 e. The molecular formula is C13H18O4S. The minimum absolute atomic E-state index is 0.0174. The Kier molecular flexibility index (Phi) is 3.75. The predicted molar refractivity (Wildman–Crippen MR) is 67.7 cm³/mol. The van der Waals surface area contributed by atoms with Crippen LogP contribution in [-0.2, 0) is 14.3 Å². The van der Waals surface area contributed by atoms with Crippen molar-refractivity contribution in [3.8, 4) is 0 Å². The van der Waals surface area contributed by atoms with Gasteiger partial charge in [-0.3, -0.25) is 4.18 Å². The third-order valence-corrected chi connectivity index (χ3v) is 4.86. The average Bonchev–Trinajstić information content (AvgIpc) is 2.29. The van der Waals surface area contributed by atoms with Gasteiger partial charge >= 0.3 is 0 Å². The molecule has 1 fully saturated rings. The van der Waals surface area contributed by atoms with Crippen LogP contribution in [0.15, 0.2) is 29.2 Å². The van der Waals surface area contributed by atoms with E-state index in [2.05, 4.69) is 0 Å². The highest BCUT2D eigenvalue weighted by atomic mass is 32.2. The molecule has 0 radical (unpaired) electrons. The number of hydrogen-bond donors (Lipinski definition) is 1. The fourth-order valence-electron chi connectivity index (χ4n) is 2.00. The van der Waals surface area contributed by atoms with Crippen LogP contribution in [0.4, 0.5) is 0 Å². The van der Waals surface area contributed by atoms with E-state index in [0.717, 1.165) is 24.8 Å². The molecule has 18 heavy (non-hydrogen) atoms. The largest absolute Gasteiger partial charge is 0.396 e. The summed E-state index contributed by atoms with van der Waals surface area (Å²) in [6.07, 6.45) is 2.67. The molecule has 1 aliphatic rings. The Labute approximate surface area is 108 Å². The lowest BCUT2D eigenvalue weighted by atomic mass is 9.70. The first kappa shape index (κ1) is 13.5. The summed E-state index contributed by atoms with van der Waals surface area (Å²) in [6, 6.07) is 6.55. The van der Waals surface area contributed by atoms with Crippen LogP contribution < -0.4 is 0 Å². The Morgan fingerprint density at radius 2 is 1.89 bits per heavy atom. The number of hydrogen-bond acceptors (Lipinski definition) is 4. The number of benzene rings is 1. The molecular weight excluding hydrogens is 252 g/mol. The summed E-state index contributed by atoms with van der Waals surface area (Å²) in [5, 5.41) is 9.27. The number of rotatable bonds is 5. The maximum atomic E-state index is 11.9. The van der Waals surface area contributed by atoms with E-state index in [4.69, 9.17) is 4.18 Å². The second kappa shape index (κ2) is 4.99. The van der Waals surface area contributed by atoms with Crippen LogP contribution in [0, 0.1) is 12.3 Å². The van der Waals surface area contributed by atoms with Crippen LogP contribution in [0.25, 0.3) is 0 Å². The Balaban J connectivity index is 2.05. The molecule has 0 aliphatic heterocycles. The minimum atomic E-state index is -3.71. The third-order valence-electron chi connectivity index (χ3n) is 3.58. The highest BCUT2D eigenvalue weighted by Gasteiger charge is 2.38. The first-order chi connectivity index (χ1) is 8.47. The summed E-state index contributed by atoms with van der Waals surface area (Å²) < 4.78 is 29.0. The number of aliphatic hydroxyl groups is 1. The van der Waals surface area contributed by atoms with Gasteiger partial charge in [0.15, 0.2) is 0 Å². The van der Waals surface area contributed by atoms with Gasteiger partial charge < -0.3 is 5.11 Å². The topological polar surface area (TPSA) is 63.6 Å². The molecule has 0 aromatic heterocycles. The molecule has 0 amide bonds. The second-order valence-electron chi connectivity index (χ2n) is 5.04. The summed E-state index contributed by atoms with van der Waals surface area (Å²) in [5.74, 6) is 0. The van der Waals surface area contributed by atoms with Crippen molar-refractivity contribution in [3.05, 3.63) is 29.8 Å². The van der Waals surface area contributed by atoms with Crippen molar-refractivity contribution >= 4 is 10.1 Å². The van der Waals surface area contributed by atoms with E-state index in [1.165, 1.54) is 12.1 Å². The lowest BCUT2D eigenvalue weighted by molar-refractivity contribution is 0.00222. The molecule has 0 saturated heterocycles. The molecule has 1 aromatic rings. The summed E-state index contributed by atoms with van der Waals surface area (Å²) in [5.41, 5.74) is 0.650. The normalized spacial score (nSPS) is 18.3. The van der Waals surface area contributed by atoms with Crippen LogP contribution in [0.3, 0.4) is 0 Å². The SMILES string of the molecule is Cc1ccc(S(=O)(=O)OCC2(CO)CCC2)cc1. The fraction of sp³-hybridized carbons (Fsp3) is 0.538. The quantitative estimate of drug-likeness (QED) is 0.830. The van der Waals surface area contributed by atoms with Crippen molar-refractivity contribution < 1.29 is 17.7 Å². The molecule has 5 heteroatoms. The molecule has 0 unspecified atom stereocenters. The van der Waals surface area contributed by atoms with Gasteiger partial charge in [-0.15, -0.1) is 0 Å². The van der Waals surface area contributed by atoms with Crippen molar-refractivity contribution in [2.24, 2.45) is 5.41 Å². The van der Waals surface area contributed by atoms with Crippen molar-refractivity contribution in [1.82, 2.24) is 0 Å². The zero-order valence-corrected chi connectivity index (χ0v) is 11.2. The van der Waals surface area contributed by atoms with E-state index in [9.17, 15) is 13.5 Å². The van der Waals surface area contributed by atoms with Crippen molar-refractivity contribution in [3.63, 3.8) is 0 Å². The molecule has 4 nitrogen and oxygen atoms in total. The highest BCUT2D eigenvalue weighted by molar-refractivity contribution is 7.86. The molecule has 0 heterocycles. The van der Waals surface area contributed by atoms with Gasteiger partial charge in [-0.2, -0.15) is 8.42 Å². The molecule has 2 rings (SSSR count). The second-order valence-corrected chi connectivity index (χ2v) is 6.66. The van der Waals surface area contributed by atoms with Crippen LogP contribution in [0.5, 0.6) is 0 Å². The first-order valence-corrected chi connectivity index (χ1v) is 7.45. The average molecular weight is 270 g/mol. The van der Waals surface area contributed by atoms with E-state index in [1.54, 1.807) is 12.1 Å². The molecule has 1 saturated carbocycles. The van der Waals surface area contributed by atoms with E-state index >= 15 is 0 Å². The van der Waals surface area contributed by atoms with Gasteiger partial charge in [-0.25, -0.2) is 0 Å². The lowest BCUT2D eigenvalue weighted by Crippen LogP contribution is -2.38. The van der Waals surface area contributed by atoms with Gasteiger partial charge in [0.05, 0.1) is 18.1 Å². The van der Waals surface area contributed by atoms with Gasteiger partial charge in [-0.1, -0.05) is 24.1 Å². The third kappa shape index (κ3) is 2.74. The van der Waals surface area contributed by atoms with Gasteiger partial charge in [0.1, 0.15) is 0 Å². The van der Waals surface area contributed by atoms with Gasteiger partial charge in [0, 0.05) is 5.41 Å². The Bertz CT molecular complexity index is 495. The fourth-order valence-corrected chi connectivity index (χ4v) is 3.01. The predicted octanol–water partition coefficient (Wildman–Crippen LogP) is 1.86. The van der Waals surface area contributed by atoms with Crippen molar-refractivity contribution in [2.45, 2.75) is 31.1 Å². The summed E-state index contributed by atoms with van der Waals surface area (Å²) >= 11 is 0. The molecule has 100 valence electrons. The van der Waals surface area contributed by atoms with E-state index in [1.807, 2.05) is 6.92 Å². The molecule has 0 spiro atoms. The minimum Gasteiger partial charge on any atom is -0.396 e. The summed E-state index contributed by atoms with van der Waals surface area (Å²) in [4.78, 5) is 0.167. The Morgan fingerprint density at radius 3 is 2.33 bits per heavy atom. The van der Waals surface area contributed by atoms with Crippen LogP contribution in [0.2, 0.25) is 0 Å². The Morgan fingerprint density at radius 1 is 1.28 bits per heavy atom. The lowest BCUT2D eigenvalue weighted by Gasteiger charge is -2.39. The molecule has 1 aromatic carbocycles. The maximum absolute atomic E-state index is 11.9. The van der Waals surface area contributed by atoms with Crippen molar-refractivity contribution in [2.75, 3.05) is 13.2 Å². The molecule has 0 atom stereocenters. The summed E-state index contributed by atoms with van der Waals surface area (Å²) in [6.45, 7) is 1.95. The van der Waals surface area contributed by atoms with E-state index in [-0.39, 0.29) is 23.5 Å². The highest BCUT2D eigenvalue weighted by Crippen LogP contribution is 2.41. The van der Waals surface area contributed by atoms with Crippen LogP contribution >= 0.6 is 0 Å². The van der Waals surface area contributed by atoms with Crippen LogP contribution in [0.1, 0.15) is 24.8 Å². The molecule has 1 N–H and O–H groups in total. The van der Waals surface area contributed by atoms with Gasteiger partial charge in [-0.05, 0) is 31.9 Å². The Hall–Kier alpha value is -0.910. The van der Waals surface area contributed by atoms with Gasteiger partial charge in [0.2, 0.25) is 0 Å². The summed E-state index contributed by atoms with van der Waals surface area (Å²) in [7, 11) is -3.71. The maximum Gasteiger partial charge on any atom is 0.296 e. The van der Waals surface area contributed by atoms with Crippen molar-refractivity contribution in [1.29, 1.82) is 0 Å². The standard InChI is InChI=1S/C13H18O4S/c1-11-3-5-12(6-4-11)18(15,16)17-10-13(9-14)7-2-8-13/h3-6,14H,2,7-10H2,1H3. The van der Waals surface area contributed by atoms with Crippen LogP contribution in [-0.4, -0.2) is 26.7 Å². The van der Waals surface area contributed by atoms with E-state index in [0.29, 0.717) is 0 Å². The zero-order chi connectivity index (χ0) is 13.2. The zero-order valence-electron chi connectivity index (χ0n) is 10.4. The molecule has 1 aliphatic carbocycles. The van der Waals surface area contributed by atoms with Gasteiger partial charge in [0.25, 0.3) is 10.1 Å². The number of aryl methyl sites for hydroxylation is 1. The monoisotopic (exact) mass is 270 g/mol.